The number of methoxy groups -OCH3 is 2. The zero-order valence-corrected chi connectivity index (χ0v) is 19.4. The summed E-state index contributed by atoms with van der Waals surface area (Å²) >= 11 is 1.58. The van der Waals surface area contributed by atoms with Crippen molar-refractivity contribution in [2.75, 3.05) is 45.3 Å². The molecule has 7 nitrogen and oxygen atoms in total. The van der Waals surface area contributed by atoms with Gasteiger partial charge >= 0.3 is 0 Å². The zero-order chi connectivity index (χ0) is 22.0. The molecule has 0 bridgehead atoms. The van der Waals surface area contributed by atoms with Crippen LogP contribution in [0.4, 0.5) is 5.13 Å². The first-order chi connectivity index (χ1) is 14.9. The van der Waals surface area contributed by atoms with Crippen LogP contribution in [0.3, 0.4) is 0 Å². The Morgan fingerprint density at radius 2 is 1.77 bits per heavy atom. The minimum absolute atomic E-state index is 0.124. The summed E-state index contributed by atoms with van der Waals surface area (Å²) in [5.74, 6) is 0.787. The molecule has 1 aliphatic rings. The number of aryl methyl sites for hydroxylation is 1. The van der Waals surface area contributed by atoms with E-state index in [0.29, 0.717) is 37.7 Å². The number of ether oxygens (including phenoxy) is 2. The molecule has 9 heteroatoms. The van der Waals surface area contributed by atoms with E-state index in [9.17, 15) is 8.42 Å². The van der Waals surface area contributed by atoms with Crippen LogP contribution in [-0.4, -0.2) is 58.1 Å². The molecule has 1 fully saturated rings. The number of hydrogen-bond acceptors (Lipinski definition) is 7. The number of thiazole rings is 1. The first-order valence-electron chi connectivity index (χ1n) is 9.92. The second kappa shape index (κ2) is 8.86. The third-order valence-corrected chi connectivity index (χ3v) is 8.12. The van der Waals surface area contributed by atoms with Gasteiger partial charge < -0.3 is 14.4 Å². The molecule has 3 aromatic rings. The van der Waals surface area contributed by atoms with Gasteiger partial charge in [-0.2, -0.15) is 4.31 Å². The lowest BCUT2D eigenvalue weighted by Crippen LogP contribution is -2.48. The van der Waals surface area contributed by atoms with E-state index < -0.39 is 10.0 Å². The standard InChI is InChI=1S/C22H25N3O4S2/c1-16-5-4-6-17(13-16)19-15-30-22(23-19)24-9-11-25(12-10-24)31(26,27)21-14-18(28-2)7-8-20(21)29-3/h4-8,13-15H,9-12H2,1-3H3. The van der Waals surface area contributed by atoms with Crippen LogP contribution in [0.1, 0.15) is 5.56 Å². The largest absolute Gasteiger partial charge is 0.497 e. The van der Waals surface area contributed by atoms with E-state index in [1.54, 1.807) is 23.5 Å². The number of rotatable bonds is 6. The van der Waals surface area contributed by atoms with Crippen molar-refractivity contribution in [2.24, 2.45) is 0 Å². The fraction of sp³-hybridized carbons (Fsp3) is 0.318. The van der Waals surface area contributed by atoms with Crippen molar-refractivity contribution in [1.82, 2.24) is 9.29 Å². The van der Waals surface area contributed by atoms with Gasteiger partial charge in [0.25, 0.3) is 0 Å². The van der Waals surface area contributed by atoms with Gasteiger partial charge in [-0.1, -0.05) is 23.8 Å². The number of aromatic nitrogens is 1. The van der Waals surface area contributed by atoms with Crippen LogP contribution in [0, 0.1) is 6.92 Å². The molecule has 1 aromatic heterocycles. The van der Waals surface area contributed by atoms with Crippen molar-refractivity contribution >= 4 is 26.5 Å². The predicted molar refractivity (Wildman–Crippen MR) is 123 cm³/mol. The number of benzene rings is 2. The SMILES string of the molecule is COc1ccc(OC)c(S(=O)(=O)N2CCN(c3nc(-c4cccc(C)c4)cs3)CC2)c1. The lowest BCUT2D eigenvalue weighted by Gasteiger charge is -2.34. The van der Waals surface area contributed by atoms with Crippen molar-refractivity contribution in [3.8, 4) is 22.8 Å². The second-order valence-corrected chi connectivity index (χ2v) is 10.0. The molecule has 0 saturated carbocycles. The molecular formula is C22H25N3O4S2. The molecule has 0 amide bonds. The van der Waals surface area contributed by atoms with Crippen molar-refractivity contribution in [1.29, 1.82) is 0 Å². The van der Waals surface area contributed by atoms with Gasteiger partial charge in [-0.15, -0.1) is 11.3 Å². The van der Waals surface area contributed by atoms with E-state index in [1.807, 2.05) is 11.4 Å². The maximum atomic E-state index is 13.3. The minimum Gasteiger partial charge on any atom is -0.497 e. The summed E-state index contributed by atoms with van der Waals surface area (Å²) in [4.78, 5) is 7.04. The van der Waals surface area contributed by atoms with Crippen LogP contribution in [0.15, 0.2) is 52.7 Å². The lowest BCUT2D eigenvalue weighted by atomic mass is 10.1. The number of piperazine rings is 1. The highest BCUT2D eigenvalue weighted by molar-refractivity contribution is 7.89. The third kappa shape index (κ3) is 4.39. The lowest BCUT2D eigenvalue weighted by molar-refractivity contribution is 0.370. The smallest absolute Gasteiger partial charge is 0.247 e. The average Bonchev–Trinajstić information content (AvgIpc) is 3.29. The van der Waals surface area contributed by atoms with Gasteiger partial charge in [-0.3, -0.25) is 0 Å². The van der Waals surface area contributed by atoms with Crippen LogP contribution < -0.4 is 14.4 Å². The molecule has 164 valence electrons. The van der Waals surface area contributed by atoms with Gasteiger partial charge in [0.15, 0.2) is 5.13 Å². The maximum Gasteiger partial charge on any atom is 0.247 e. The molecule has 2 heterocycles. The fourth-order valence-electron chi connectivity index (χ4n) is 3.59. The molecule has 0 aliphatic carbocycles. The van der Waals surface area contributed by atoms with Gasteiger partial charge in [0.1, 0.15) is 16.4 Å². The highest BCUT2D eigenvalue weighted by Gasteiger charge is 2.32. The van der Waals surface area contributed by atoms with Gasteiger partial charge in [-0.05, 0) is 25.1 Å². The van der Waals surface area contributed by atoms with Gasteiger partial charge in [0.05, 0.1) is 19.9 Å². The number of anilines is 1. The average molecular weight is 460 g/mol. The van der Waals surface area contributed by atoms with E-state index in [1.165, 1.54) is 30.2 Å². The van der Waals surface area contributed by atoms with E-state index >= 15 is 0 Å². The maximum absolute atomic E-state index is 13.3. The topological polar surface area (TPSA) is 72.0 Å². The summed E-state index contributed by atoms with van der Waals surface area (Å²) in [6, 6.07) is 13.1. The Morgan fingerprint density at radius 1 is 1.00 bits per heavy atom. The molecule has 0 radical (unpaired) electrons. The summed E-state index contributed by atoms with van der Waals surface area (Å²) in [6.07, 6.45) is 0. The molecule has 0 spiro atoms. The van der Waals surface area contributed by atoms with Crippen molar-refractivity contribution in [2.45, 2.75) is 11.8 Å². The molecule has 0 N–H and O–H groups in total. The van der Waals surface area contributed by atoms with Crippen molar-refractivity contribution < 1.29 is 17.9 Å². The third-order valence-electron chi connectivity index (χ3n) is 5.30. The van der Waals surface area contributed by atoms with Crippen molar-refractivity contribution in [3.63, 3.8) is 0 Å². The van der Waals surface area contributed by atoms with Crippen LogP contribution >= 0.6 is 11.3 Å². The number of hydrogen-bond donors (Lipinski definition) is 0. The minimum atomic E-state index is -3.70. The number of sulfonamides is 1. The Bertz CT molecular complexity index is 1170. The highest BCUT2D eigenvalue weighted by Crippen LogP contribution is 2.32. The Balaban J connectivity index is 1.49. The summed E-state index contributed by atoms with van der Waals surface area (Å²) in [7, 11) is -0.726. The molecule has 0 atom stereocenters. The monoisotopic (exact) mass is 459 g/mol. The van der Waals surface area contributed by atoms with Gasteiger partial charge in [0, 0.05) is 43.2 Å². The van der Waals surface area contributed by atoms with Crippen LogP contribution in [0.2, 0.25) is 0 Å². The molecular weight excluding hydrogens is 434 g/mol. The normalized spacial score (nSPS) is 15.1. The Kier molecular flexibility index (Phi) is 6.17. The molecule has 0 unspecified atom stereocenters. The summed E-state index contributed by atoms with van der Waals surface area (Å²) in [5.41, 5.74) is 3.23. The van der Waals surface area contributed by atoms with Crippen molar-refractivity contribution in [3.05, 3.63) is 53.4 Å². The van der Waals surface area contributed by atoms with Gasteiger partial charge in [-0.25, -0.2) is 13.4 Å². The van der Waals surface area contributed by atoms with E-state index in [2.05, 4.69) is 30.0 Å². The molecule has 1 saturated heterocycles. The fourth-order valence-corrected chi connectivity index (χ4v) is 6.07. The zero-order valence-electron chi connectivity index (χ0n) is 17.7. The predicted octanol–water partition coefficient (Wildman–Crippen LogP) is 3.65. The molecule has 31 heavy (non-hydrogen) atoms. The van der Waals surface area contributed by atoms with Crippen LogP contribution in [0.5, 0.6) is 11.5 Å². The molecule has 1 aliphatic heterocycles. The van der Waals surface area contributed by atoms with Gasteiger partial charge in [0.2, 0.25) is 10.0 Å². The molecule has 4 rings (SSSR count). The quantitative estimate of drug-likeness (QED) is 0.560. The van der Waals surface area contributed by atoms with Crippen LogP contribution in [0.25, 0.3) is 11.3 Å². The van der Waals surface area contributed by atoms with E-state index in [4.69, 9.17) is 14.5 Å². The number of nitrogens with zero attached hydrogens (tertiary/aromatic N) is 3. The Hall–Kier alpha value is -2.62. The second-order valence-electron chi connectivity index (χ2n) is 7.29. The van der Waals surface area contributed by atoms with E-state index in [-0.39, 0.29) is 4.90 Å². The highest BCUT2D eigenvalue weighted by atomic mass is 32.2. The summed E-state index contributed by atoms with van der Waals surface area (Å²) < 4.78 is 38.5. The first-order valence-corrected chi connectivity index (χ1v) is 12.2. The van der Waals surface area contributed by atoms with E-state index in [0.717, 1.165) is 16.4 Å². The molecule has 2 aromatic carbocycles. The summed E-state index contributed by atoms with van der Waals surface area (Å²) in [5, 5.41) is 2.96. The Labute approximate surface area is 186 Å². The first kappa shape index (κ1) is 21.6. The van der Waals surface area contributed by atoms with Crippen LogP contribution in [-0.2, 0) is 10.0 Å². The summed E-state index contributed by atoms with van der Waals surface area (Å²) in [6.45, 7) is 3.97. The Morgan fingerprint density at radius 3 is 2.45 bits per heavy atom.